The fraction of sp³-hybridized carbons (Fsp3) is 0.769. The molecule has 100 valence electrons. The van der Waals surface area contributed by atoms with E-state index in [1.807, 2.05) is 13.8 Å². The Hall–Kier alpha value is -0.390. The first-order valence-electron chi connectivity index (χ1n) is 6.59. The van der Waals surface area contributed by atoms with Gasteiger partial charge in [0.15, 0.2) is 17.8 Å². The molecule has 6 heteroatoms. The monoisotopic (exact) mass is 274 g/mol. The number of barbiturate groups is 1. The van der Waals surface area contributed by atoms with Crippen LogP contribution in [0.4, 0.5) is 4.79 Å². The van der Waals surface area contributed by atoms with E-state index in [0.717, 1.165) is 19.3 Å². The van der Waals surface area contributed by atoms with Crippen LogP contribution in [0.25, 0.3) is 5.32 Å². The van der Waals surface area contributed by atoms with Gasteiger partial charge in [0, 0.05) is 0 Å². The van der Waals surface area contributed by atoms with Gasteiger partial charge in [-0.1, -0.05) is 33.6 Å². The molecule has 1 saturated carbocycles. The molecule has 0 aromatic carbocycles. The van der Waals surface area contributed by atoms with Crippen LogP contribution in [0.5, 0.6) is 0 Å². The maximum absolute atomic E-state index is 12.3. The van der Waals surface area contributed by atoms with Crippen LogP contribution in [0, 0.1) is 23.2 Å². The normalized spacial score (nSPS) is 37.8. The molecule has 4 atom stereocenters. The maximum atomic E-state index is 12.3. The second kappa shape index (κ2) is 5.94. The summed E-state index contributed by atoms with van der Waals surface area (Å²) in [5.74, 6) is -0.707. The molecule has 5 nitrogen and oxygen atoms in total. The molecule has 1 aliphatic heterocycles. The van der Waals surface area contributed by atoms with E-state index in [-0.39, 0.29) is 41.4 Å². The van der Waals surface area contributed by atoms with E-state index in [2.05, 4.69) is 17.6 Å². The minimum atomic E-state index is -1.11. The van der Waals surface area contributed by atoms with Gasteiger partial charge >= 0.3 is 29.6 Å². The molecule has 1 aliphatic carbocycles. The predicted molar refractivity (Wildman–Crippen MR) is 65.7 cm³/mol. The van der Waals surface area contributed by atoms with Crippen molar-refractivity contribution < 1.29 is 43.9 Å². The van der Waals surface area contributed by atoms with Crippen LogP contribution in [0.3, 0.4) is 0 Å². The Morgan fingerprint density at radius 1 is 1.26 bits per heavy atom. The molecule has 0 aromatic heterocycles. The summed E-state index contributed by atoms with van der Waals surface area (Å²) in [6, 6.07) is -0.822. The van der Waals surface area contributed by atoms with Crippen molar-refractivity contribution in [1.82, 2.24) is 5.32 Å². The van der Waals surface area contributed by atoms with Crippen LogP contribution >= 0.6 is 0 Å². The number of nitrogens with zero attached hydrogens (tertiary/aromatic N) is 1. The molecule has 19 heavy (non-hydrogen) atoms. The van der Waals surface area contributed by atoms with Gasteiger partial charge < -0.3 is 10.6 Å². The topological polar surface area (TPSA) is 77.3 Å². The van der Waals surface area contributed by atoms with Gasteiger partial charge in [-0.25, -0.2) is 0 Å². The van der Waals surface area contributed by atoms with Crippen molar-refractivity contribution in [2.45, 2.75) is 40.0 Å². The average Bonchev–Trinajstić information content (AvgIpc) is 2.60. The van der Waals surface area contributed by atoms with Crippen LogP contribution in [-0.4, -0.2) is 17.8 Å². The van der Waals surface area contributed by atoms with Crippen LogP contribution in [0.1, 0.15) is 40.0 Å². The molecule has 2 aliphatic rings. The van der Waals surface area contributed by atoms with E-state index >= 15 is 0 Å². The maximum Gasteiger partial charge on any atom is 1.00 e. The minimum absolute atomic E-state index is 0. The molecular weight excluding hydrogens is 255 g/mol. The van der Waals surface area contributed by atoms with E-state index in [1.54, 1.807) is 0 Å². The Balaban J connectivity index is 0.00000180. The number of carbonyl (C=O) groups is 3. The van der Waals surface area contributed by atoms with Crippen LogP contribution in [-0.2, 0) is 9.59 Å². The van der Waals surface area contributed by atoms with Crippen molar-refractivity contribution in [1.29, 1.82) is 0 Å². The van der Waals surface area contributed by atoms with Crippen molar-refractivity contribution in [2.24, 2.45) is 23.2 Å². The Morgan fingerprint density at radius 2 is 1.89 bits per heavy atom. The van der Waals surface area contributed by atoms with Crippen LogP contribution < -0.4 is 34.9 Å². The summed E-state index contributed by atoms with van der Waals surface area (Å²) >= 11 is 0. The fourth-order valence-corrected chi connectivity index (χ4v) is 3.78. The number of nitrogens with one attached hydrogen (secondary N) is 1. The molecule has 1 heterocycles. The van der Waals surface area contributed by atoms with Gasteiger partial charge in [0.2, 0.25) is 0 Å². The number of hydrogen-bond acceptors (Lipinski definition) is 3. The molecule has 0 radical (unpaired) electrons. The number of imide groups is 2. The summed E-state index contributed by atoms with van der Waals surface area (Å²) in [4.78, 5) is 35.7. The molecule has 0 bridgehead atoms. The van der Waals surface area contributed by atoms with Gasteiger partial charge in [-0.15, -0.1) is 0 Å². The first-order valence-corrected chi connectivity index (χ1v) is 6.59. The van der Waals surface area contributed by atoms with Crippen LogP contribution in [0.15, 0.2) is 0 Å². The second-order valence-corrected chi connectivity index (χ2v) is 5.34. The average molecular weight is 274 g/mol. The van der Waals surface area contributed by atoms with Crippen molar-refractivity contribution >= 4 is 17.8 Å². The largest absolute Gasteiger partial charge is 1.00 e. The van der Waals surface area contributed by atoms with E-state index in [4.69, 9.17) is 0 Å². The fourth-order valence-electron chi connectivity index (χ4n) is 3.78. The summed E-state index contributed by atoms with van der Waals surface area (Å²) in [5, 5.41) is 5.69. The Kier molecular flexibility index (Phi) is 5.21. The van der Waals surface area contributed by atoms with Gasteiger partial charge in [0.05, 0.1) is 5.41 Å². The number of rotatable bonds is 2. The number of hydrogen-bond donors (Lipinski definition) is 1. The van der Waals surface area contributed by atoms with Crippen LogP contribution in [0.2, 0.25) is 0 Å². The molecule has 0 aromatic rings. The molecular formula is C13H19N2NaO3. The zero-order valence-electron chi connectivity index (χ0n) is 12.0. The van der Waals surface area contributed by atoms with E-state index in [1.165, 1.54) is 0 Å². The third kappa shape index (κ3) is 2.26. The molecule has 1 saturated heterocycles. The zero-order chi connectivity index (χ0) is 13.5. The SMILES string of the molecule is CCC1CC(CC)C2(C(=O)[N-]C(=O)NC2=O)C1C.[Na+]. The predicted octanol–water partition coefficient (Wildman–Crippen LogP) is -0.781. The van der Waals surface area contributed by atoms with E-state index in [9.17, 15) is 14.4 Å². The van der Waals surface area contributed by atoms with Crippen molar-refractivity contribution in [2.75, 3.05) is 0 Å². The number of amides is 4. The van der Waals surface area contributed by atoms with E-state index in [0.29, 0.717) is 5.92 Å². The quantitative estimate of drug-likeness (QED) is 0.530. The molecule has 4 unspecified atom stereocenters. The second-order valence-electron chi connectivity index (χ2n) is 5.34. The van der Waals surface area contributed by atoms with Crippen molar-refractivity contribution in [3.8, 4) is 0 Å². The smallest absolute Gasteiger partial charge is 0.394 e. The Labute approximate surface area is 135 Å². The summed E-state index contributed by atoms with van der Waals surface area (Å²) in [6.07, 6.45) is 2.55. The summed E-state index contributed by atoms with van der Waals surface area (Å²) < 4.78 is 0. The van der Waals surface area contributed by atoms with E-state index < -0.39 is 23.3 Å². The minimum Gasteiger partial charge on any atom is -0.394 e. The van der Waals surface area contributed by atoms with Gasteiger partial charge in [0.25, 0.3) is 0 Å². The first kappa shape index (κ1) is 16.7. The molecule has 2 rings (SSSR count). The van der Waals surface area contributed by atoms with Gasteiger partial charge in [-0.3, -0.25) is 14.4 Å². The number of urea groups is 1. The summed E-state index contributed by atoms with van der Waals surface area (Å²) in [5.41, 5.74) is -1.11. The Bertz CT molecular complexity index is 387. The summed E-state index contributed by atoms with van der Waals surface area (Å²) in [6.45, 7) is 5.99. The number of carbonyl (C=O) groups excluding carboxylic acids is 3. The standard InChI is InChI=1S/C13H20N2O3.Na/c1-4-8-6-9(5-2)13(7(8)3)10(16)14-12(18)15-11(13)17;/h7-9H,4-6H2,1-3H3,(H2,14,15,16,17,18);/q;+1/p-1. The van der Waals surface area contributed by atoms with Gasteiger partial charge in [-0.05, 0) is 24.2 Å². The van der Waals surface area contributed by atoms with Gasteiger partial charge in [-0.2, -0.15) is 0 Å². The van der Waals surface area contributed by atoms with Crippen molar-refractivity contribution in [3.63, 3.8) is 0 Å². The summed E-state index contributed by atoms with van der Waals surface area (Å²) in [7, 11) is 0. The Morgan fingerprint density at radius 3 is 2.37 bits per heavy atom. The first-order chi connectivity index (χ1) is 8.48. The third-order valence-corrected chi connectivity index (χ3v) is 4.83. The molecule has 2 fully saturated rings. The molecule has 1 N–H and O–H groups in total. The molecule has 1 spiro atoms. The zero-order valence-corrected chi connectivity index (χ0v) is 14.0. The third-order valence-electron chi connectivity index (χ3n) is 4.83. The van der Waals surface area contributed by atoms with Gasteiger partial charge in [0.1, 0.15) is 0 Å². The molecule has 4 amide bonds. The van der Waals surface area contributed by atoms with Crippen molar-refractivity contribution in [3.05, 3.63) is 5.32 Å².